The Kier molecular flexibility index (Phi) is 4.54. The molecule has 1 unspecified atom stereocenters. The van der Waals surface area contributed by atoms with E-state index < -0.39 is 23.3 Å². The van der Waals surface area contributed by atoms with Crippen LogP contribution in [-0.4, -0.2) is 35.2 Å². The van der Waals surface area contributed by atoms with Crippen LogP contribution in [0.4, 0.5) is 9.18 Å². The maximum Gasteiger partial charge on any atom is 0.407 e. The molecule has 2 rings (SSSR count). The number of amides is 1. The van der Waals surface area contributed by atoms with Gasteiger partial charge in [0.15, 0.2) is 17.7 Å². The minimum Gasteiger partial charge on any atom is -0.505 e. The van der Waals surface area contributed by atoms with Crippen molar-refractivity contribution in [2.45, 2.75) is 38.9 Å². The minimum absolute atomic E-state index is 0.239. The third kappa shape index (κ3) is 4.34. The Morgan fingerprint density at radius 1 is 1.55 bits per heavy atom. The lowest BCUT2D eigenvalue weighted by molar-refractivity contribution is 0.0439. The molecule has 0 saturated carbocycles. The van der Waals surface area contributed by atoms with Gasteiger partial charge in [0.25, 0.3) is 0 Å². The van der Waals surface area contributed by atoms with Gasteiger partial charge in [-0.15, -0.1) is 0 Å². The van der Waals surface area contributed by atoms with Crippen LogP contribution < -0.4 is 5.32 Å². The molecule has 120 valence electrons. The van der Waals surface area contributed by atoms with E-state index in [4.69, 9.17) is 14.7 Å². The molecule has 0 aromatic heterocycles. The van der Waals surface area contributed by atoms with Crippen molar-refractivity contribution in [1.82, 2.24) is 5.32 Å². The van der Waals surface area contributed by atoms with Crippen LogP contribution in [0.15, 0.2) is 23.4 Å². The number of carbonyl (C=O) groups excluding carboxylic acids is 1. The van der Waals surface area contributed by atoms with Gasteiger partial charge in [-0.2, -0.15) is 0 Å². The molecule has 7 heteroatoms. The first kappa shape index (κ1) is 16.1. The maximum absolute atomic E-state index is 13.3. The Bertz CT molecular complexity index is 596. The second-order valence-corrected chi connectivity index (χ2v) is 6.02. The predicted octanol–water partition coefficient (Wildman–Crippen LogP) is 2.55. The molecule has 0 fully saturated rings. The van der Waals surface area contributed by atoms with E-state index in [1.54, 1.807) is 26.8 Å². The van der Waals surface area contributed by atoms with Crippen molar-refractivity contribution < 1.29 is 23.9 Å². The smallest absolute Gasteiger partial charge is 0.407 e. The monoisotopic (exact) mass is 310 g/mol. The summed E-state index contributed by atoms with van der Waals surface area (Å²) in [6.45, 7) is 5.57. The molecule has 0 radical (unpaired) electrons. The zero-order chi connectivity index (χ0) is 16.3. The van der Waals surface area contributed by atoms with Gasteiger partial charge < -0.3 is 20.0 Å². The largest absolute Gasteiger partial charge is 0.505 e. The summed E-state index contributed by atoms with van der Waals surface area (Å²) in [4.78, 5) is 16.7. The van der Waals surface area contributed by atoms with Gasteiger partial charge in [-0.3, -0.25) is 0 Å². The minimum atomic E-state index is -0.712. The third-order valence-electron chi connectivity index (χ3n) is 2.89. The van der Waals surface area contributed by atoms with E-state index >= 15 is 0 Å². The van der Waals surface area contributed by atoms with Crippen LogP contribution in [0.2, 0.25) is 0 Å². The molecule has 2 N–H and O–H groups in total. The summed E-state index contributed by atoms with van der Waals surface area (Å²) in [6, 6.07) is 4.02. The maximum atomic E-state index is 13.3. The van der Waals surface area contributed by atoms with Crippen LogP contribution in [0.25, 0.3) is 0 Å². The highest BCUT2D eigenvalue weighted by atomic mass is 19.1. The topological polar surface area (TPSA) is 80.2 Å². The van der Waals surface area contributed by atoms with Crippen LogP contribution in [-0.2, 0) is 9.57 Å². The Hall–Kier alpha value is -2.31. The number of ether oxygens (including phenoxy) is 1. The summed E-state index contributed by atoms with van der Waals surface area (Å²) in [5, 5.41) is 15.7. The number of oxime groups is 1. The molecular weight excluding hydrogens is 291 g/mol. The fraction of sp³-hybridized carbons (Fsp3) is 0.467. The van der Waals surface area contributed by atoms with Crippen molar-refractivity contribution in [3.8, 4) is 5.75 Å². The quantitative estimate of drug-likeness (QED) is 0.899. The van der Waals surface area contributed by atoms with E-state index in [0.29, 0.717) is 17.7 Å². The Morgan fingerprint density at radius 2 is 2.27 bits per heavy atom. The Morgan fingerprint density at radius 3 is 2.91 bits per heavy atom. The highest BCUT2D eigenvalue weighted by Crippen LogP contribution is 2.21. The molecule has 1 aliphatic rings. The van der Waals surface area contributed by atoms with Gasteiger partial charge in [-0.1, -0.05) is 5.16 Å². The second kappa shape index (κ2) is 6.21. The fourth-order valence-electron chi connectivity index (χ4n) is 1.91. The lowest BCUT2D eigenvalue weighted by Crippen LogP contribution is -2.37. The van der Waals surface area contributed by atoms with E-state index in [0.717, 1.165) is 0 Å². The summed E-state index contributed by atoms with van der Waals surface area (Å²) in [6.07, 6.45) is -0.431. The van der Waals surface area contributed by atoms with Crippen LogP contribution >= 0.6 is 0 Å². The van der Waals surface area contributed by atoms with Crippen LogP contribution in [0, 0.1) is 5.82 Å². The van der Waals surface area contributed by atoms with E-state index in [2.05, 4.69) is 10.5 Å². The van der Waals surface area contributed by atoms with Gasteiger partial charge in [0, 0.05) is 12.0 Å². The number of hydrogen-bond donors (Lipinski definition) is 2. The summed E-state index contributed by atoms with van der Waals surface area (Å²) in [7, 11) is 0. The first-order chi connectivity index (χ1) is 10.2. The Balaban J connectivity index is 1.84. The number of aromatic hydroxyl groups is 1. The van der Waals surface area contributed by atoms with Crippen molar-refractivity contribution in [1.29, 1.82) is 0 Å². The van der Waals surface area contributed by atoms with Gasteiger partial charge in [0.1, 0.15) is 5.60 Å². The standard InChI is InChI=1S/C15H19FN2O4/c1-15(2,3)21-14(20)17-8-10-7-12(18-22-10)9-4-5-13(19)11(16)6-9/h4-6,10,19H,7-8H2,1-3H3,(H,17,20). The molecule has 0 bridgehead atoms. The highest BCUT2D eigenvalue weighted by Gasteiger charge is 2.24. The van der Waals surface area contributed by atoms with Crippen molar-refractivity contribution in [3.63, 3.8) is 0 Å². The Labute approximate surface area is 127 Å². The van der Waals surface area contributed by atoms with Crippen molar-refractivity contribution in [2.75, 3.05) is 6.54 Å². The van der Waals surface area contributed by atoms with Crippen LogP contribution in [0.5, 0.6) is 5.75 Å². The number of halogens is 1. The first-order valence-corrected chi connectivity index (χ1v) is 6.93. The van der Waals surface area contributed by atoms with Gasteiger partial charge in [-0.05, 0) is 39.0 Å². The zero-order valence-electron chi connectivity index (χ0n) is 12.7. The summed E-state index contributed by atoms with van der Waals surface area (Å²) < 4.78 is 18.4. The van der Waals surface area contributed by atoms with Gasteiger partial charge in [0.05, 0.1) is 12.3 Å². The van der Waals surface area contributed by atoms with E-state index in [9.17, 15) is 9.18 Å². The van der Waals surface area contributed by atoms with Crippen LogP contribution in [0.3, 0.4) is 0 Å². The number of rotatable bonds is 3. The van der Waals surface area contributed by atoms with Crippen LogP contribution in [0.1, 0.15) is 32.8 Å². The third-order valence-corrected chi connectivity index (χ3v) is 2.89. The molecule has 1 aliphatic heterocycles. The van der Waals surface area contributed by atoms with Crippen molar-refractivity contribution >= 4 is 11.8 Å². The van der Waals surface area contributed by atoms with Gasteiger partial charge in [0.2, 0.25) is 0 Å². The molecular formula is C15H19FN2O4. The SMILES string of the molecule is CC(C)(C)OC(=O)NCC1CC(c2ccc(O)c(F)c2)=NO1. The molecule has 1 aromatic carbocycles. The summed E-state index contributed by atoms with van der Waals surface area (Å²) >= 11 is 0. The fourth-order valence-corrected chi connectivity index (χ4v) is 1.91. The summed E-state index contributed by atoms with van der Waals surface area (Å²) in [5.41, 5.74) is 0.538. The van der Waals surface area contributed by atoms with Gasteiger partial charge >= 0.3 is 6.09 Å². The molecule has 22 heavy (non-hydrogen) atoms. The first-order valence-electron chi connectivity index (χ1n) is 6.93. The molecule has 1 heterocycles. The average molecular weight is 310 g/mol. The van der Waals surface area contributed by atoms with Gasteiger partial charge in [-0.25, -0.2) is 9.18 Å². The normalized spacial score (nSPS) is 17.6. The second-order valence-electron chi connectivity index (χ2n) is 6.02. The molecule has 0 aliphatic carbocycles. The lowest BCUT2D eigenvalue weighted by Gasteiger charge is -2.20. The number of phenols is 1. The molecule has 6 nitrogen and oxygen atoms in total. The number of nitrogens with zero attached hydrogens (tertiary/aromatic N) is 1. The highest BCUT2D eigenvalue weighted by molar-refractivity contribution is 6.01. The number of nitrogens with one attached hydrogen (secondary N) is 1. The number of hydrogen-bond acceptors (Lipinski definition) is 5. The number of benzene rings is 1. The number of phenolic OH excluding ortho intramolecular Hbond substituents is 1. The van der Waals surface area contributed by atoms with E-state index in [-0.39, 0.29) is 12.6 Å². The zero-order valence-corrected chi connectivity index (χ0v) is 12.7. The van der Waals surface area contributed by atoms with Crippen molar-refractivity contribution in [3.05, 3.63) is 29.6 Å². The number of alkyl carbamates (subject to hydrolysis) is 1. The molecule has 1 amide bonds. The summed E-state index contributed by atoms with van der Waals surface area (Å²) in [5.74, 6) is -1.12. The van der Waals surface area contributed by atoms with E-state index in [1.165, 1.54) is 12.1 Å². The molecule has 0 saturated heterocycles. The molecule has 0 spiro atoms. The number of carbonyl (C=O) groups is 1. The van der Waals surface area contributed by atoms with Crippen molar-refractivity contribution in [2.24, 2.45) is 5.16 Å². The predicted molar refractivity (Wildman–Crippen MR) is 78.3 cm³/mol. The lowest BCUT2D eigenvalue weighted by atomic mass is 10.0. The average Bonchev–Trinajstić information content (AvgIpc) is 2.86. The van der Waals surface area contributed by atoms with E-state index in [1.807, 2.05) is 0 Å². The molecule has 1 aromatic rings. The molecule has 1 atom stereocenters.